The summed E-state index contributed by atoms with van der Waals surface area (Å²) in [4.78, 5) is 23.2. The maximum Gasteiger partial charge on any atom is 0.218 e. The summed E-state index contributed by atoms with van der Waals surface area (Å²) in [7, 11) is -3.03. The molecule has 0 aromatic carbocycles. The van der Waals surface area contributed by atoms with Crippen molar-refractivity contribution in [2.24, 2.45) is 11.7 Å². The van der Waals surface area contributed by atoms with Crippen LogP contribution in [0.25, 0.3) is 0 Å². The summed E-state index contributed by atoms with van der Waals surface area (Å²) in [6, 6.07) is -0.843. The number of hydrogen-bond acceptors (Lipinski definition) is 5. The number of ketones is 2. The predicted octanol–water partition coefficient (Wildman–Crippen LogP) is 1.66. The molecule has 1 atom stereocenters. The summed E-state index contributed by atoms with van der Waals surface area (Å²) in [5.41, 5.74) is 5.59. The summed E-state index contributed by atoms with van der Waals surface area (Å²) in [6.07, 6.45) is 0.422. The summed E-state index contributed by atoms with van der Waals surface area (Å²) in [5, 5.41) is -0.444. The van der Waals surface area contributed by atoms with Crippen molar-refractivity contribution in [2.75, 3.05) is 5.75 Å². The molecule has 0 aromatic heterocycles. The van der Waals surface area contributed by atoms with Gasteiger partial charge in [0.1, 0.15) is 5.75 Å². The molecule has 102 valence electrons. The van der Waals surface area contributed by atoms with Gasteiger partial charge in [0.15, 0.2) is 0 Å². The zero-order chi connectivity index (χ0) is 13.8. The molecule has 0 amide bonds. The van der Waals surface area contributed by atoms with E-state index in [1.54, 1.807) is 13.8 Å². The summed E-state index contributed by atoms with van der Waals surface area (Å²) in [6.45, 7) is 7.00. The van der Waals surface area contributed by atoms with Crippen LogP contribution in [0.3, 0.4) is 0 Å². The van der Waals surface area contributed by atoms with E-state index < -0.39 is 39.2 Å². The molecule has 0 saturated carbocycles. The zero-order valence-electron chi connectivity index (χ0n) is 10.8. The quantitative estimate of drug-likeness (QED) is 0.608. The Labute approximate surface area is 104 Å². The molecule has 0 spiro atoms. The molecular formula is C11H23NO4S. The molecule has 0 heterocycles. The van der Waals surface area contributed by atoms with Crippen LogP contribution < -0.4 is 5.73 Å². The van der Waals surface area contributed by atoms with E-state index in [4.69, 9.17) is 5.73 Å². The van der Waals surface area contributed by atoms with Crippen molar-refractivity contribution in [3.63, 3.8) is 0 Å². The SMILES string of the molecule is CC(C)C[C@H](N)C(=O)C(=O)CS(O)(O)C(C)C. The van der Waals surface area contributed by atoms with E-state index in [0.717, 1.165) is 0 Å². The second-order valence-corrected chi connectivity index (χ2v) is 7.60. The summed E-state index contributed by atoms with van der Waals surface area (Å²) >= 11 is 0. The normalized spacial score (nSPS) is 15.1. The lowest BCUT2D eigenvalue weighted by atomic mass is 9.99. The molecule has 0 aliphatic rings. The van der Waals surface area contributed by atoms with Crippen LogP contribution in [0, 0.1) is 5.92 Å². The highest BCUT2D eigenvalue weighted by atomic mass is 32.3. The second kappa shape index (κ2) is 6.49. The fourth-order valence-electron chi connectivity index (χ4n) is 1.25. The maximum absolute atomic E-state index is 11.6. The monoisotopic (exact) mass is 265 g/mol. The Kier molecular flexibility index (Phi) is 6.32. The van der Waals surface area contributed by atoms with Gasteiger partial charge in [0.05, 0.1) is 6.04 Å². The average Bonchev–Trinajstić information content (AvgIpc) is 2.14. The number of rotatable bonds is 7. The van der Waals surface area contributed by atoms with Gasteiger partial charge in [-0.1, -0.05) is 13.8 Å². The first-order valence-corrected chi connectivity index (χ1v) is 7.43. The van der Waals surface area contributed by atoms with E-state index >= 15 is 0 Å². The number of carbonyl (C=O) groups excluding carboxylic acids is 2. The van der Waals surface area contributed by atoms with E-state index in [0.29, 0.717) is 6.42 Å². The molecule has 0 unspecified atom stereocenters. The number of hydrogen-bond donors (Lipinski definition) is 3. The largest absolute Gasteiger partial charge is 0.321 e. The fraction of sp³-hybridized carbons (Fsp3) is 0.818. The van der Waals surface area contributed by atoms with Crippen LogP contribution in [0.1, 0.15) is 34.1 Å². The summed E-state index contributed by atoms with van der Waals surface area (Å²) in [5.74, 6) is -1.80. The summed E-state index contributed by atoms with van der Waals surface area (Å²) < 4.78 is 19.2. The topological polar surface area (TPSA) is 101 Å². The van der Waals surface area contributed by atoms with E-state index in [1.807, 2.05) is 13.8 Å². The molecule has 5 nitrogen and oxygen atoms in total. The minimum absolute atomic E-state index is 0.215. The van der Waals surface area contributed by atoms with Gasteiger partial charge in [-0.3, -0.25) is 18.7 Å². The number of nitrogens with two attached hydrogens (primary N) is 1. The van der Waals surface area contributed by atoms with Gasteiger partial charge in [-0.05, 0) is 26.2 Å². The number of carbonyl (C=O) groups is 2. The molecule has 0 saturated heterocycles. The van der Waals surface area contributed by atoms with Crippen molar-refractivity contribution in [1.82, 2.24) is 0 Å². The Morgan fingerprint density at radius 2 is 1.65 bits per heavy atom. The van der Waals surface area contributed by atoms with Gasteiger partial charge in [0, 0.05) is 5.25 Å². The first-order valence-electron chi connectivity index (χ1n) is 5.65. The maximum atomic E-state index is 11.6. The lowest BCUT2D eigenvalue weighted by molar-refractivity contribution is -0.136. The van der Waals surface area contributed by atoms with E-state index in [9.17, 15) is 18.7 Å². The molecule has 0 fully saturated rings. The van der Waals surface area contributed by atoms with Crippen molar-refractivity contribution in [1.29, 1.82) is 0 Å². The Morgan fingerprint density at radius 1 is 1.18 bits per heavy atom. The van der Waals surface area contributed by atoms with Crippen LogP contribution in [0.4, 0.5) is 0 Å². The predicted molar refractivity (Wildman–Crippen MR) is 70.3 cm³/mol. The van der Waals surface area contributed by atoms with Crippen molar-refractivity contribution in [3.8, 4) is 0 Å². The van der Waals surface area contributed by atoms with Crippen LogP contribution in [0.2, 0.25) is 0 Å². The van der Waals surface area contributed by atoms with E-state index in [-0.39, 0.29) is 5.92 Å². The zero-order valence-corrected chi connectivity index (χ0v) is 11.7. The molecule has 0 rings (SSSR count). The van der Waals surface area contributed by atoms with Crippen LogP contribution in [-0.2, 0) is 9.59 Å². The van der Waals surface area contributed by atoms with Crippen LogP contribution in [-0.4, -0.2) is 37.7 Å². The minimum atomic E-state index is -3.03. The van der Waals surface area contributed by atoms with Crippen LogP contribution in [0.5, 0.6) is 0 Å². The Hall–Kier alpha value is -0.430. The molecular weight excluding hydrogens is 242 g/mol. The van der Waals surface area contributed by atoms with E-state index in [2.05, 4.69) is 0 Å². The third kappa shape index (κ3) is 5.63. The van der Waals surface area contributed by atoms with Gasteiger partial charge >= 0.3 is 0 Å². The highest BCUT2D eigenvalue weighted by Gasteiger charge is 2.28. The fourth-order valence-corrected chi connectivity index (χ4v) is 2.11. The van der Waals surface area contributed by atoms with Crippen LogP contribution in [0.15, 0.2) is 0 Å². The van der Waals surface area contributed by atoms with Gasteiger partial charge in [0.25, 0.3) is 0 Å². The third-order valence-corrected chi connectivity index (χ3v) is 4.63. The molecule has 0 bridgehead atoms. The Balaban J connectivity index is 4.47. The lowest BCUT2D eigenvalue weighted by Crippen LogP contribution is -2.39. The smallest absolute Gasteiger partial charge is 0.218 e. The second-order valence-electron chi connectivity index (χ2n) is 4.93. The van der Waals surface area contributed by atoms with Gasteiger partial charge in [-0.15, -0.1) is 0 Å². The molecule has 0 radical (unpaired) electrons. The van der Waals surface area contributed by atoms with Crippen molar-refractivity contribution < 1.29 is 18.7 Å². The molecule has 0 aliphatic carbocycles. The van der Waals surface area contributed by atoms with Crippen molar-refractivity contribution >= 4 is 22.2 Å². The highest BCUT2D eigenvalue weighted by molar-refractivity contribution is 8.25. The molecule has 4 N–H and O–H groups in total. The average molecular weight is 265 g/mol. The highest BCUT2D eigenvalue weighted by Crippen LogP contribution is 2.43. The molecule has 17 heavy (non-hydrogen) atoms. The Morgan fingerprint density at radius 3 is 2.00 bits per heavy atom. The van der Waals surface area contributed by atoms with Gasteiger partial charge in [-0.2, -0.15) is 10.6 Å². The molecule has 0 aliphatic heterocycles. The Bertz CT molecular complexity index is 289. The van der Waals surface area contributed by atoms with Crippen LogP contribution >= 0.6 is 10.6 Å². The first kappa shape index (κ1) is 16.6. The molecule has 0 aromatic rings. The molecule has 6 heteroatoms. The van der Waals surface area contributed by atoms with E-state index in [1.165, 1.54) is 0 Å². The standard InChI is InChI=1S/C11H23NO4S/c1-7(2)5-9(12)11(14)10(13)6-17(15,16)8(3)4/h7-9,15-16H,5-6,12H2,1-4H3/t9-/m0/s1. The van der Waals surface area contributed by atoms with Gasteiger partial charge in [-0.25, -0.2) is 0 Å². The van der Waals surface area contributed by atoms with Crippen molar-refractivity contribution in [3.05, 3.63) is 0 Å². The minimum Gasteiger partial charge on any atom is -0.321 e. The lowest BCUT2D eigenvalue weighted by Gasteiger charge is -2.35. The van der Waals surface area contributed by atoms with Crippen molar-refractivity contribution in [2.45, 2.75) is 45.4 Å². The number of Topliss-reactive ketones (excluding diaryl/α,β-unsaturated/α-hetero) is 2. The third-order valence-electron chi connectivity index (χ3n) is 2.44. The first-order chi connectivity index (χ1) is 7.58. The van der Waals surface area contributed by atoms with Gasteiger partial charge in [0.2, 0.25) is 11.6 Å². The van der Waals surface area contributed by atoms with Gasteiger partial charge < -0.3 is 5.73 Å².